The number of nitrogens with one attached hydrogen (secondary N) is 1. The van der Waals surface area contributed by atoms with Gasteiger partial charge in [-0.1, -0.05) is 11.8 Å². The fourth-order valence-electron chi connectivity index (χ4n) is 2.19. The number of amidine groups is 1. The lowest BCUT2D eigenvalue weighted by Gasteiger charge is -2.26. The summed E-state index contributed by atoms with van der Waals surface area (Å²) in [6, 6.07) is 1.94. The quantitative estimate of drug-likeness (QED) is 0.831. The molecule has 0 spiro atoms. The fraction of sp³-hybridized carbons (Fsp3) is 0.667. The third-order valence-corrected chi connectivity index (χ3v) is 4.25. The average molecular weight is 281 g/mol. The highest BCUT2D eigenvalue weighted by atomic mass is 32.2. The predicted molar refractivity (Wildman–Crippen MR) is 76.8 cm³/mol. The van der Waals surface area contributed by atoms with Crippen molar-refractivity contribution in [3.8, 4) is 0 Å². The summed E-state index contributed by atoms with van der Waals surface area (Å²) < 4.78 is 7.20. The molecular weight excluding hydrogens is 262 g/mol. The molecule has 0 radical (unpaired) electrons. The first kappa shape index (κ1) is 13.0. The van der Waals surface area contributed by atoms with Gasteiger partial charge in [0.1, 0.15) is 6.67 Å². The molecule has 1 saturated heterocycles. The van der Waals surface area contributed by atoms with E-state index in [2.05, 4.69) is 20.3 Å². The average Bonchev–Trinajstić information content (AvgIpc) is 2.92. The molecule has 1 aromatic heterocycles. The first-order valence-corrected chi connectivity index (χ1v) is 7.68. The smallest absolute Gasteiger partial charge is 0.164 e. The molecule has 0 amide bonds. The Balaban J connectivity index is 1.39. The molecule has 0 bridgehead atoms. The van der Waals surface area contributed by atoms with E-state index in [4.69, 9.17) is 4.74 Å². The van der Waals surface area contributed by atoms with Crippen LogP contribution in [-0.4, -0.2) is 58.4 Å². The Morgan fingerprint density at radius 3 is 3.16 bits per heavy atom. The highest BCUT2D eigenvalue weighted by molar-refractivity contribution is 8.13. The highest BCUT2D eigenvalue weighted by Gasteiger charge is 2.12. The molecule has 0 unspecified atom stereocenters. The molecule has 2 aliphatic rings. The zero-order valence-electron chi connectivity index (χ0n) is 10.9. The summed E-state index contributed by atoms with van der Waals surface area (Å²) >= 11 is 1.79. The first-order valence-electron chi connectivity index (χ1n) is 6.69. The maximum Gasteiger partial charge on any atom is 0.164 e. The second-order valence-corrected chi connectivity index (χ2v) is 5.68. The van der Waals surface area contributed by atoms with Crippen molar-refractivity contribution in [1.29, 1.82) is 0 Å². The zero-order chi connectivity index (χ0) is 12.9. The van der Waals surface area contributed by atoms with E-state index in [1.54, 1.807) is 18.0 Å². The van der Waals surface area contributed by atoms with E-state index in [-0.39, 0.29) is 0 Å². The molecule has 0 aromatic carbocycles. The number of thioether (sulfide) groups is 1. The molecule has 19 heavy (non-hydrogen) atoms. The lowest BCUT2D eigenvalue weighted by molar-refractivity contribution is 0.0381. The number of aliphatic imine (C=N–C) groups is 1. The number of rotatable bonds is 4. The number of fused-ring (bicyclic) bond motifs is 1. The lowest BCUT2D eigenvalue weighted by Crippen LogP contribution is -2.37. The number of hydrogen-bond donors (Lipinski definition) is 1. The summed E-state index contributed by atoms with van der Waals surface area (Å²) in [5.74, 6) is 2.03. The minimum absolute atomic E-state index is 0.720. The van der Waals surface area contributed by atoms with E-state index in [9.17, 15) is 0 Å². The van der Waals surface area contributed by atoms with Crippen molar-refractivity contribution < 1.29 is 4.74 Å². The predicted octanol–water partition coefficient (Wildman–Crippen LogP) is 0.887. The van der Waals surface area contributed by atoms with E-state index in [0.29, 0.717) is 0 Å². The Morgan fingerprint density at radius 2 is 2.26 bits per heavy atom. The number of aromatic nitrogens is 2. The molecular formula is C12H19N5OS. The number of morpholine rings is 1. The molecule has 104 valence electrons. The molecule has 1 N–H and O–H groups in total. The topological polar surface area (TPSA) is 54.7 Å². The summed E-state index contributed by atoms with van der Waals surface area (Å²) in [6.45, 7) is 5.78. The van der Waals surface area contributed by atoms with Gasteiger partial charge in [-0.3, -0.25) is 4.90 Å². The fourth-order valence-corrected chi connectivity index (χ4v) is 2.99. The van der Waals surface area contributed by atoms with Crippen molar-refractivity contribution in [2.75, 3.05) is 38.6 Å². The van der Waals surface area contributed by atoms with E-state index < -0.39 is 0 Å². The van der Waals surface area contributed by atoms with Crippen LogP contribution in [-0.2, 0) is 11.4 Å². The Labute approximate surface area is 117 Å². The van der Waals surface area contributed by atoms with E-state index in [1.165, 1.54) is 6.42 Å². The highest BCUT2D eigenvalue weighted by Crippen LogP contribution is 2.18. The van der Waals surface area contributed by atoms with Crippen LogP contribution in [0.5, 0.6) is 0 Å². The van der Waals surface area contributed by atoms with Gasteiger partial charge in [-0.25, -0.2) is 9.67 Å². The monoisotopic (exact) mass is 281 g/mol. The Hall–Kier alpha value is -1.05. The van der Waals surface area contributed by atoms with E-state index in [0.717, 1.165) is 56.3 Å². The molecule has 2 aliphatic heterocycles. The molecule has 3 rings (SSSR count). The summed E-state index contributed by atoms with van der Waals surface area (Å²) in [5, 5.41) is 8.46. The van der Waals surface area contributed by atoms with E-state index >= 15 is 0 Å². The van der Waals surface area contributed by atoms with Gasteiger partial charge < -0.3 is 10.1 Å². The molecule has 0 atom stereocenters. The summed E-state index contributed by atoms with van der Waals surface area (Å²) in [6.07, 6.45) is 2.97. The van der Waals surface area contributed by atoms with Crippen LogP contribution in [0.3, 0.4) is 0 Å². The summed E-state index contributed by atoms with van der Waals surface area (Å²) in [4.78, 5) is 6.99. The standard InChI is InChI=1S/C12H19N5OS/c1(4-16-5-7-18-8-6-16)9-19-12-13-10-17-11(15-12)2-3-14-17/h2-3H,1,4-10H2,(H,13,15). The van der Waals surface area contributed by atoms with Gasteiger partial charge in [0.2, 0.25) is 0 Å². The van der Waals surface area contributed by atoms with Gasteiger partial charge in [-0.15, -0.1) is 0 Å². The third-order valence-electron chi connectivity index (χ3n) is 3.25. The van der Waals surface area contributed by atoms with Crippen LogP contribution >= 0.6 is 11.8 Å². The SMILES string of the molecule is c1cc2n(n1)CNC(SCCCN1CCOCC1)=N2. The van der Waals surface area contributed by atoms with Gasteiger partial charge in [0.25, 0.3) is 0 Å². The zero-order valence-corrected chi connectivity index (χ0v) is 11.7. The Morgan fingerprint density at radius 1 is 1.37 bits per heavy atom. The van der Waals surface area contributed by atoms with Crippen molar-refractivity contribution >= 4 is 22.7 Å². The van der Waals surface area contributed by atoms with E-state index in [1.807, 2.05) is 10.7 Å². The molecule has 1 aromatic rings. The van der Waals surface area contributed by atoms with Crippen LogP contribution in [0.4, 0.5) is 5.82 Å². The first-order chi connectivity index (χ1) is 9.42. The largest absolute Gasteiger partial charge is 0.379 e. The molecule has 0 aliphatic carbocycles. The van der Waals surface area contributed by atoms with Gasteiger partial charge in [0.05, 0.1) is 19.4 Å². The Kier molecular flexibility index (Phi) is 4.37. The van der Waals surface area contributed by atoms with Crippen LogP contribution in [0.25, 0.3) is 0 Å². The van der Waals surface area contributed by atoms with Gasteiger partial charge in [-0.05, 0) is 13.0 Å². The molecule has 0 saturated carbocycles. The summed E-state index contributed by atoms with van der Waals surface area (Å²) in [7, 11) is 0. The third kappa shape index (κ3) is 3.49. The van der Waals surface area contributed by atoms with Crippen LogP contribution in [0.1, 0.15) is 6.42 Å². The van der Waals surface area contributed by atoms with Crippen molar-refractivity contribution in [2.24, 2.45) is 4.99 Å². The minimum atomic E-state index is 0.720. The van der Waals surface area contributed by atoms with Crippen LogP contribution < -0.4 is 5.32 Å². The van der Waals surface area contributed by atoms with Gasteiger partial charge in [0, 0.05) is 24.9 Å². The van der Waals surface area contributed by atoms with Gasteiger partial charge in [0.15, 0.2) is 11.0 Å². The van der Waals surface area contributed by atoms with Crippen LogP contribution in [0.15, 0.2) is 17.3 Å². The van der Waals surface area contributed by atoms with Gasteiger partial charge in [-0.2, -0.15) is 5.10 Å². The number of nitrogens with zero attached hydrogens (tertiary/aromatic N) is 4. The maximum atomic E-state index is 5.34. The lowest BCUT2D eigenvalue weighted by atomic mass is 10.4. The van der Waals surface area contributed by atoms with Gasteiger partial charge >= 0.3 is 0 Å². The molecule has 1 fully saturated rings. The second kappa shape index (κ2) is 6.40. The Bertz CT molecular complexity index is 441. The van der Waals surface area contributed by atoms with Crippen molar-refractivity contribution in [3.05, 3.63) is 12.3 Å². The maximum absolute atomic E-state index is 5.34. The number of hydrogen-bond acceptors (Lipinski definition) is 6. The second-order valence-electron chi connectivity index (χ2n) is 4.60. The molecule has 3 heterocycles. The summed E-state index contributed by atoms with van der Waals surface area (Å²) in [5.41, 5.74) is 0. The van der Waals surface area contributed by atoms with Crippen LogP contribution in [0.2, 0.25) is 0 Å². The minimum Gasteiger partial charge on any atom is -0.379 e. The normalized spacial score (nSPS) is 19.7. The van der Waals surface area contributed by atoms with Crippen molar-refractivity contribution in [1.82, 2.24) is 20.0 Å². The number of ether oxygens (including phenoxy) is 1. The van der Waals surface area contributed by atoms with Crippen molar-refractivity contribution in [2.45, 2.75) is 13.1 Å². The van der Waals surface area contributed by atoms with Crippen LogP contribution in [0, 0.1) is 0 Å². The van der Waals surface area contributed by atoms with Crippen molar-refractivity contribution in [3.63, 3.8) is 0 Å². The molecule has 6 nitrogen and oxygen atoms in total. The molecule has 7 heteroatoms.